The van der Waals surface area contributed by atoms with Gasteiger partial charge in [0.2, 0.25) is 0 Å². The molecule has 0 saturated heterocycles. The van der Waals surface area contributed by atoms with E-state index in [9.17, 15) is 5.11 Å². The van der Waals surface area contributed by atoms with E-state index in [2.05, 4.69) is 45.0 Å². The van der Waals surface area contributed by atoms with Crippen LogP contribution in [0.15, 0.2) is 47.5 Å². The molecule has 0 radical (unpaired) electrons. The number of aliphatic imine (C=N–C) groups is 1. The molecule has 3 rings (SSSR count). The summed E-state index contributed by atoms with van der Waals surface area (Å²) in [6, 6.07) is 14.4. The predicted molar refractivity (Wildman–Crippen MR) is 111 cm³/mol. The maximum atomic E-state index is 11.0. The first-order valence-electron chi connectivity index (χ1n) is 9.88. The Bertz CT molecular complexity index is 750. The van der Waals surface area contributed by atoms with E-state index < -0.39 is 0 Å². The van der Waals surface area contributed by atoms with Gasteiger partial charge >= 0.3 is 0 Å². The van der Waals surface area contributed by atoms with Crippen LogP contribution in [0.4, 0.5) is 0 Å². The fourth-order valence-corrected chi connectivity index (χ4v) is 3.88. The summed E-state index contributed by atoms with van der Waals surface area (Å²) < 4.78 is 0. The molecular weight excluding hydrogens is 318 g/mol. The van der Waals surface area contributed by atoms with Gasteiger partial charge in [-0.1, -0.05) is 82.5 Å². The standard InChI is InChI=1S/C24H31NO/c1-24(2,3)22-15-14-20(19-12-8-5-9-13-19)21(23(22)26)17-25-16-18-10-6-4-7-11-18/h5,8-9,12-15,17-18,26H,4,6-7,10-11,16H2,1-3H3. The fraction of sp³-hybridized carbons (Fsp3) is 0.458. The van der Waals surface area contributed by atoms with Crippen molar-refractivity contribution in [3.8, 4) is 16.9 Å². The molecule has 1 aliphatic carbocycles. The van der Waals surface area contributed by atoms with Crippen molar-refractivity contribution in [3.05, 3.63) is 53.6 Å². The van der Waals surface area contributed by atoms with E-state index in [4.69, 9.17) is 4.99 Å². The summed E-state index contributed by atoms with van der Waals surface area (Å²) in [5.41, 5.74) is 3.87. The topological polar surface area (TPSA) is 32.6 Å². The highest BCUT2D eigenvalue weighted by molar-refractivity contribution is 5.94. The van der Waals surface area contributed by atoms with Gasteiger partial charge in [0.05, 0.1) is 0 Å². The molecule has 1 saturated carbocycles. The Hall–Kier alpha value is -2.09. The number of hydrogen-bond donors (Lipinski definition) is 1. The van der Waals surface area contributed by atoms with Gasteiger partial charge in [-0.25, -0.2) is 0 Å². The van der Waals surface area contributed by atoms with Crippen LogP contribution >= 0.6 is 0 Å². The average Bonchev–Trinajstić information content (AvgIpc) is 2.63. The molecule has 2 aromatic carbocycles. The number of phenols is 1. The minimum Gasteiger partial charge on any atom is -0.507 e. The number of nitrogens with zero attached hydrogens (tertiary/aromatic N) is 1. The van der Waals surface area contributed by atoms with Crippen LogP contribution in [0.25, 0.3) is 11.1 Å². The van der Waals surface area contributed by atoms with E-state index in [1.165, 1.54) is 32.1 Å². The molecular formula is C24H31NO. The molecule has 2 heteroatoms. The first-order valence-corrected chi connectivity index (χ1v) is 9.88. The van der Waals surface area contributed by atoms with Crippen molar-refractivity contribution in [2.24, 2.45) is 10.9 Å². The second-order valence-electron chi connectivity index (χ2n) is 8.54. The van der Waals surface area contributed by atoms with E-state index in [1.807, 2.05) is 24.4 Å². The van der Waals surface area contributed by atoms with Crippen molar-refractivity contribution in [3.63, 3.8) is 0 Å². The monoisotopic (exact) mass is 349 g/mol. The van der Waals surface area contributed by atoms with E-state index >= 15 is 0 Å². The number of phenolic OH excluding ortho intramolecular Hbond substituents is 1. The van der Waals surface area contributed by atoms with Gasteiger partial charge in [0, 0.05) is 18.3 Å². The van der Waals surface area contributed by atoms with Crippen molar-refractivity contribution in [1.29, 1.82) is 0 Å². The molecule has 0 atom stereocenters. The molecule has 0 aliphatic heterocycles. The summed E-state index contributed by atoms with van der Waals surface area (Å²) in [5, 5.41) is 11.0. The Balaban J connectivity index is 1.96. The van der Waals surface area contributed by atoms with Crippen LogP contribution in [0.3, 0.4) is 0 Å². The third-order valence-corrected chi connectivity index (χ3v) is 5.42. The maximum Gasteiger partial charge on any atom is 0.128 e. The van der Waals surface area contributed by atoms with Crippen molar-refractivity contribution >= 4 is 6.21 Å². The lowest BCUT2D eigenvalue weighted by Gasteiger charge is -2.23. The molecule has 138 valence electrons. The normalized spacial score (nSPS) is 16.3. The lowest BCUT2D eigenvalue weighted by Crippen LogP contribution is -2.13. The first kappa shape index (κ1) is 18.7. The molecule has 26 heavy (non-hydrogen) atoms. The number of rotatable bonds is 4. The Kier molecular flexibility index (Phi) is 5.80. The fourth-order valence-electron chi connectivity index (χ4n) is 3.88. The van der Waals surface area contributed by atoms with Gasteiger partial charge in [0.25, 0.3) is 0 Å². The van der Waals surface area contributed by atoms with Gasteiger partial charge in [-0.2, -0.15) is 0 Å². The van der Waals surface area contributed by atoms with Gasteiger partial charge in [-0.05, 0) is 40.9 Å². The minimum atomic E-state index is -0.106. The van der Waals surface area contributed by atoms with Crippen LogP contribution in [0.5, 0.6) is 5.75 Å². The smallest absolute Gasteiger partial charge is 0.128 e. The SMILES string of the molecule is CC(C)(C)c1ccc(-c2ccccc2)c(C=NCC2CCCCC2)c1O. The average molecular weight is 350 g/mol. The predicted octanol–water partition coefficient (Wildman–Crippen LogP) is 6.36. The van der Waals surface area contributed by atoms with Gasteiger partial charge in [0.1, 0.15) is 5.75 Å². The summed E-state index contributed by atoms with van der Waals surface area (Å²) in [6.45, 7) is 7.26. The Morgan fingerprint density at radius 2 is 1.69 bits per heavy atom. The second kappa shape index (κ2) is 8.07. The molecule has 0 unspecified atom stereocenters. The largest absolute Gasteiger partial charge is 0.507 e. The molecule has 0 bridgehead atoms. The summed E-state index contributed by atoms with van der Waals surface area (Å²) >= 11 is 0. The zero-order chi connectivity index (χ0) is 18.6. The first-order chi connectivity index (χ1) is 12.5. The summed E-state index contributed by atoms with van der Waals surface area (Å²) in [6.07, 6.45) is 8.52. The summed E-state index contributed by atoms with van der Waals surface area (Å²) in [5.74, 6) is 1.07. The van der Waals surface area contributed by atoms with Gasteiger partial charge in [-0.15, -0.1) is 0 Å². The Morgan fingerprint density at radius 3 is 2.35 bits per heavy atom. The van der Waals surface area contributed by atoms with E-state index in [-0.39, 0.29) is 5.41 Å². The van der Waals surface area contributed by atoms with E-state index in [0.29, 0.717) is 11.7 Å². The highest BCUT2D eigenvalue weighted by atomic mass is 16.3. The molecule has 2 aromatic rings. The third kappa shape index (κ3) is 4.35. The highest BCUT2D eigenvalue weighted by Crippen LogP contribution is 2.37. The third-order valence-electron chi connectivity index (χ3n) is 5.42. The van der Waals surface area contributed by atoms with Crippen molar-refractivity contribution in [2.45, 2.75) is 58.3 Å². The highest BCUT2D eigenvalue weighted by Gasteiger charge is 2.22. The number of hydrogen-bond acceptors (Lipinski definition) is 2. The van der Waals surface area contributed by atoms with E-state index in [1.54, 1.807) is 0 Å². The lowest BCUT2D eigenvalue weighted by atomic mass is 9.83. The second-order valence-corrected chi connectivity index (χ2v) is 8.54. The van der Waals surface area contributed by atoms with Crippen LogP contribution in [-0.4, -0.2) is 17.9 Å². The zero-order valence-corrected chi connectivity index (χ0v) is 16.3. The van der Waals surface area contributed by atoms with Gasteiger partial charge in [-0.3, -0.25) is 4.99 Å². The summed E-state index contributed by atoms with van der Waals surface area (Å²) in [4.78, 5) is 4.75. The maximum absolute atomic E-state index is 11.0. The van der Waals surface area contributed by atoms with Gasteiger partial charge in [0.15, 0.2) is 0 Å². The Morgan fingerprint density at radius 1 is 1.00 bits per heavy atom. The van der Waals surface area contributed by atoms with Crippen LogP contribution in [-0.2, 0) is 5.41 Å². The minimum absolute atomic E-state index is 0.106. The van der Waals surface area contributed by atoms with Crippen molar-refractivity contribution < 1.29 is 5.11 Å². The van der Waals surface area contributed by atoms with E-state index in [0.717, 1.165) is 28.8 Å². The molecule has 2 nitrogen and oxygen atoms in total. The zero-order valence-electron chi connectivity index (χ0n) is 16.3. The Labute approximate surface area is 158 Å². The molecule has 0 spiro atoms. The van der Waals surface area contributed by atoms with Crippen LogP contribution in [0, 0.1) is 5.92 Å². The number of aromatic hydroxyl groups is 1. The van der Waals surface area contributed by atoms with Crippen LogP contribution < -0.4 is 0 Å². The molecule has 0 amide bonds. The lowest BCUT2D eigenvalue weighted by molar-refractivity contribution is 0.367. The molecule has 0 aromatic heterocycles. The molecule has 1 N–H and O–H groups in total. The molecule has 1 fully saturated rings. The molecule has 0 heterocycles. The molecule has 1 aliphatic rings. The van der Waals surface area contributed by atoms with Crippen LogP contribution in [0.2, 0.25) is 0 Å². The van der Waals surface area contributed by atoms with Gasteiger partial charge < -0.3 is 5.11 Å². The van der Waals surface area contributed by atoms with Crippen molar-refractivity contribution in [2.75, 3.05) is 6.54 Å². The van der Waals surface area contributed by atoms with Crippen molar-refractivity contribution in [1.82, 2.24) is 0 Å². The quantitative estimate of drug-likeness (QED) is 0.640. The van der Waals surface area contributed by atoms with Crippen LogP contribution in [0.1, 0.15) is 64.0 Å². The number of benzene rings is 2. The summed E-state index contributed by atoms with van der Waals surface area (Å²) in [7, 11) is 0.